The van der Waals surface area contributed by atoms with Gasteiger partial charge in [-0.25, -0.2) is 4.79 Å². The molecule has 4 rings (SSSR count). The second-order valence-electron chi connectivity index (χ2n) is 9.27. The molecule has 0 radical (unpaired) electrons. The van der Waals surface area contributed by atoms with E-state index in [0.29, 0.717) is 0 Å². The third-order valence-electron chi connectivity index (χ3n) is 7.76. The first-order valence-electron chi connectivity index (χ1n) is 9.66. The Kier molecular flexibility index (Phi) is 3.69. The molecule has 1 saturated carbocycles. The summed E-state index contributed by atoms with van der Waals surface area (Å²) in [5.41, 5.74) is 2.05. The van der Waals surface area contributed by atoms with Gasteiger partial charge in [0, 0.05) is 29.2 Å². The number of ether oxygens (including phenoxy) is 1. The number of Topliss-reactive ketones (excluding diaryl/α,β-unsaturated/α-hetero) is 1. The lowest BCUT2D eigenvalue weighted by atomic mass is 9.55. The molecule has 3 aliphatic carbocycles. The Hall–Kier alpha value is -1.68. The van der Waals surface area contributed by atoms with E-state index in [2.05, 4.69) is 13.0 Å². The molecule has 0 spiro atoms. The van der Waals surface area contributed by atoms with E-state index in [1.807, 2.05) is 26.8 Å². The maximum atomic E-state index is 12.7. The minimum Gasteiger partial charge on any atom is -0.456 e. The number of hydrogen-bond acceptors (Lipinski definition) is 4. The van der Waals surface area contributed by atoms with Crippen molar-refractivity contribution in [3.63, 3.8) is 0 Å². The van der Waals surface area contributed by atoms with Crippen molar-refractivity contribution in [3.05, 3.63) is 34.9 Å². The lowest BCUT2D eigenvalue weighted by molar-refractivity contribution is -0.153. The lowest BCUT2D eigenvalue weighted by Gasteiger charge is -2.48. The van der Waals surface area contributed by atoms with Gasteiger partial charge in [0.15, 0.2) is 0 Å². The Morgan fingerprint density at radius 3 is 2.58 bits per heavy atom. The number of carbonyl (C=O) groups excluding carboxylic acids is 2. The molecule has 0 unspecified atom stereocenters. The topological polar surface area (TPSA) is 63.6 Å². The van der Waals surface area contributed by atoms with Crippen molar-refractivity contribution in [2.75, 3.05) is 0 Å². The zero-order valence-electron chi connectivity index (χ0n) is 16.1. The van der Waals surface area contributed by atoms with Crippen molar-refractivity contribution < 1.29 is 19.4 Å². The third-order valence-corrected chi connectivity index (χ3v) is 7.76. The van der Waals surface area contributed by atoms with Crippen LogP contribution in [0.4, 0.5) is 0 Å². The van der Waals surface area contributed by atoms with E-state index in [0.717, 1.165) is 31.3 Å². The van der Waals surface area contributed by atoms with Gasteiger partial charge in [0.2, 0.25) is 0 Å². The van der Waals surface area contributed by atoms with Crippen molar-refractivity contribution in [1.82, 2.24) is 0 Å². The largest absolute Gasteiger partial charge is 0.456 e. The van der Waals surface area contributed by atoms with Gasteiger partial charge in [-0.15, -0.1) is 0 Å². The molecule has 4 atom stereocenters. The molecule has 0 aromatic carbocycles. The molecule has 26 heavy (non-hydrogen) atoms. The Morgan fingerprint density at radius 1 is 1.12 bits per heavy atom. The van der Waals surface area contributed by atoms with E-state index >= 15 is 0 Å². The summed E-state index contributed by atoms with van der Waals surface area (Å²) >= 11 is 0. The minimum atomic E-state index is -0.618. The molecular formula is C22H28O4. The van der Waals surface area contributed by atoms with Gasteiger partial charge in [-0.3, -0.25) is 4.79 Å². The van der Waals surface area contributed by atoms with E-state index in [4.69, 9.17) is 4.74 Å². The summed E-state index contributed by atoms with van der Waals surface area (Å²) in [6, 6.07) is 0. The lowest BCUT2D eigenvalue weighted by Crippen LogP contribution is -2.46. The second-order valence-corrected chi connectivity index (χ2v) is 9.27. The Morgan fingerprint density at radius 2 is 1.85 bits per heavy atom. The molecule has 0 amide bonds. The first-order valence-corrected chi connectivity index (χ1v) is 9.66. The summed E-state index contributed by atoms with van der Waals surface area (Å²) in [6.45, 7) is 8.07. The van der Waals surface area contributed by atoms with Gasteiger partial charge in [-0.05, 0) is 50.7 Å². The minimum absolute atomic E-state index is 0.111. The van der Waals surface area contributed by atoms with Crippen molar-refractivity contribution >= 4 is 11.8 Å². The van der Waals surface area contributed by atoms with Gasteiger partial charge in [-0.1, -0.05) is 31.6 Å². The smallest absolute Gasteiger partial charge is 0.331 e. The van der Waals surface area contributed by atoms with E-state index in [1.54, 1.807) is 0 Å². The van der Waals surface area contributed by atoms with Crippen molar-refractivity contribution in [2.45, 2.75) is 71.5 Å². The molecule has 1 heterocycles. The SMILES string of the molecule is CC1(C)OC(=O)C=CC2=CC3=C(CC[C@H]21)[C@]1(C)[C@H](O)CC(=O)[C@@]1(C)CC3. The Balaban J connectivity index is 1.84. The normalized spacial score (nSPS) is 41.5. The Bertz CT molecular complexity index is 784. The first kappa shape index (κ1) is 17.7. The van der Waals surface area contributed by atoms with E-state index in [9.17, 15) is 14.7 Å². The van der Waals surface area contributed by atoms with Crippen LogP contribution in [0.1, 0.15) is 59.8 Å². The van der Waals surface area contributed by atoms with E-state index < -0.39 is 22.5 Å². The average Bonchev–Trinajstić information content (AvgIpc) is 2.72. The highest BCUT2D eigenvalue weighted by Crippen LogP contribution is 2.63. The molecule has 0 aromatic rings. The number of carbonyl (C=O) groups is 2. The number of cyclic esters (lactones) is 1. The van der Waals surface area contributed by atoms with Crippen LogP contribution < -0.4 is 0 Å². The van der Waals surface area contributed by atoms with Crippen LogP contribution in [-0.4, -0.2) is 28.6 Å². The summed E-state index contributed by atoms with van der Waals surface area (Å²) in [5, 5.41) is 10.8. The predicted octanol–water partition coefficient (Wildman–Crippen LogP) is 3.65. The highest BCUT2D eigenvalue weighted by molar-refractivity contribution is 5.90. The predicted molar refractivity (Wildman–Crippen MR) is 98.2 cm³/mol. The fourth-order valence-electron chi connectivity index (χ4n) is 5.84. The third kappa shape index (κ3) is 2.17. The van der Waals surface area contributed by atoms with Crippen LogP contribution >= 0.6 is 0 Å². The second kappa shape index (κ2) is 5.41. The molecular weight excluding hydrogens is 328 g/mol. The molecule has 0 bridgehead atoms. The molecule has 4 aliphatic rings. The van der Waals surface area contributed by atoms with Crippen LogP contribution in [0, 0.1) is 16.7 Å². The molecule has 1 aliphatic heterocycles. The number of ketones is 1. The summed E-state index contributed by atoms with van der Waals surface area (Å²) in [4.78, 5) is 24.6. The molecule has 0 aromatic heterocycles. The van der Waals surface area contributed by atoms with Crippen LogP contribution in [-0.2, 0) is 14.3 Å². The number of rotatable bonds is 0. The van der Waals surface area contributed by atoms with Crippen LogP contribution in [0.3, 0.4) is 0 Å². The molecule has 140 valence electrons. The summed E-state index contributed by atoms with van der Waals surface area (Å²) < 4.78 is 5.66. The van der Waals surface area contributed by atoms with E-state index in [1.165, 1.54) is 17.2 Å². The summed E-state index contributed by atoms with van der Waals surface area (Å²) in [6.07, 6.45) is 8.54. The standard InChI is InChI=1S/C22H28O4/c1-20(2)15-6-7-16-14(11-13(15)5-8-19(25)26-20)9-10-21(3)17(23)12-18(24)22(16,21)4/h5,8,11,15,18,24H,6-7,9-10,12H2,1-4H3/t15-,18-,21-,22-/m1/s1. The van der Waals surface area contributed by atoms with Crippen molar-refractivity contribution in [1.29, 1.82) is 0 Å². The highest BCUT2D eigenvalue weighted by atomic mass is 16.6. The fourth-order valence-corrected chi connectivity index (χ4v) is 5.84. The van der Waals surface area contributed by atoms with Gasteiger partial charge < -0.3 is 9.84 Å². The van der Waals surface area contributed by atoms with E-state index in [-0.39, 0.29) is 24.1 Å². The first-order chi connectivity index (χ1) is 12.1. The van der Waals surface area contributed by atoms with Crippen LogP contribution in [0.5, 0.6) is 0 Å². The van der Waals surface area contributed by atoms with Crippen molar-refractivity contribution in [2.24, 2.45) is 16.7 Å². The number of fused-ring (bicyclic) bond motifs is 3. The van der Waals surface area contributed by atoms with Gasteiger partial charge in [0.05, 0.1) is 6.10 Å². The molecule has 0 saturated heterocycles. The zero-order chi connectivity index (χ0) is 18.9. The molecule has 4 nitrogen and oxygen atoms in total. The number of hydrogen-bond donors (Lipinski definition) is 1. The molecule has 1 N–H and O–H groups in total. The fraction of sp³-hybridized carbons (Fsp3) is 0.636. The zero-order valence-corrected chi connectivity index (χ0v) is 16.1. The summed E-state index contributed by atoms with van der Waals surface area (Å²) in [5.74, 6) is 0.0115. The number of esters is 1. The number of aliphatic hydroxyl groups excluding tert-OH is 1. The molecule has 1 fully saturated rings. The van der Waals surface area contributed by atoms with Gasteiger partial charge in [0.1, 0.15) is 11.4 Å². The van der Waals surface area contributed by atoms with Crippen LogP contribution in [0.15, 0.2) is 34.9 Å². The maximum absolute atomic E-state index is 12.7. The van der Waals surface area contributed by atoms with Crippen LogP contribution in [0.2, 0.25) is 0 Å². The van der Waals surface area contributed by atoms with Gasteiger partial charge >= 0.3 is 5.97 Å². The highest BCUT2D eigenvalue weighted by Gasteiger charge is 2.62. The van der Waals surface area contributed by atoms with Gasteiger partial charge in [-0.2, -0.15) is 0 Å². The average molecular weight is 356 g/mol. The maximum Gasteiger partial charge on any atom is 0.331 e. The summed E-state index contributed by atoms with van der Waals surface area (Å²) in [7, 11) is 0. The Labute approximate surface area is 155 Å². The molecule has 4 heteroatoms. The van der Waals surface area contributed by atoms with Crippen molar-refractivity contribution in [3.8, 4) is 0 Å². The van der Waals surface area contributed by atoms with Crippen LogP contribution in [0.25, 0.3) is 0 Å². The van der Waals surface area contributed by atoms with Gasteiger partial charge in [0.25, 0.3) is 0 Å². The number of allylic oxidation sites excluding steroid dienone is 3. The number of aliphatic hydroxyl groups is 1. The monoisotopic (exact) mass is 356 g/mol. The quantitative estimate of drug-likeness (QED) is 0.673.